The van der Waals surface area contributed by atoms with Crippen molar-refractivity contribution in [3.05, 3.63) is 70.7 Å². The highest BCUT2D eigenvalue weighted by Gasteiger charge is 2.64. The van der Waals surface area contributed by atoms with Crippen molar-refractivity contribution >= 4 is 49.8 Å². The number of Topliss-reactive ketones (excluding diaryl/α,β-unsaturated/α-hetero) is 1. The summed E-state index contributed by atoms with van der Waals surface area (Å²) >= 11 is 0. The Balaban J connectivity index is 1.23. The van der Waals surface area contributed by atoms with Crippen LogP contribution in [0.5, 0.6) is 0 Å². The molecule has 5 heterocycles. The number of aliphatic carboxylic acids is 2. The molecule has 38 nitrogen and oxygen atoms in total. The molecule has 610 valence electrons. The maximum absolute atomic E-state index is 13.9. The average molecular weight is 1570 g/mol. The minimum absolute atomic E-state index is 0.124. The molecule has 0 aromatic rings. The van der Waals surface area contributed by atoms with Gasteiger partial charge >= 0.3 is 26.3 Å². The van der Waals surface area contributed by atoms with Crippen LogP contribution >= 0.6 is 8.25 Å². The molecule has 1 aliphatic carbocycles. The maximum atomic E-state index is 13.9. The monoisotopic (exact) mass is 1570 g/mol. The molecular formula is C69H106N4O34P+. The molecule has 27 atom stereocenters. The minimum atomic E-state index is -3.73. The van der Waals surface area contributed by atoms with Crippen molar-refractivity contribution in [1.82, 2.24) is 16.0 Å². The number of rotatable bonds is 37. The predicted molar refractivity (Wildman–Crippen MR) is 368 cm³/mol. The number of amides is 4. The average Bonchev–Trinajstić information content (AvgIpc) is 0.829. The summed E-state index contributed by atoms with van der Waals surface area (Å²) in [7, 11) is -3.73. The lowest BCUT2D eigenvalue weighted by atomic mass is 9.85. The predicted octanol–water partition coefficient (Wildman–Crippen LogP) is -0.871. The molecule has 0 aromatic carbocycles. The van der Waals surface area contributed by atoms with Gasteiger partial charge in [-0.15, -0.1) is 4.52 Å². The molecule has 108 heavy (non-hydrogen) atoms. The van der Waals surface area contributed by atoms with Gasteiger partial charge in [-0.25, -0.2) is 14.4 Å². The van der Waals surface area contributed by atoms with Crippen molar-refractivity contribution in [2.75, 3.05) is 26.4 Å². The van der Waals surface area contributed by atoms with Gasteiger partial charge in [-0.2, -0.15) is 0 Å². The molecule has 4 amide bonds. The number of primary amides is 1. The summed E-state index contributed by atoms with van der Waals surface area (Å²) in [6.07, 6.45) is -34.5. The molecule has 6 aliphatic rings. The van der Waals surface area contributed by atoms with Crippen LogP contribution in [0.4, 0.5) is 4.79 Å². The number of carbonyl (C=O) groups is 7. The number of ketones is 1. The van der Waals surface area contributed by atoms with Crippen molar-refractivity contribution < 1.29 is 166 Å². The first-order chi connectivity index (χ1) is 50.6. The Morgan fingerprint density at radius 3 is 1.89 bits per heavy atom. The number of carbonyl (C=O) groups excluding carboxylic acids is 5. The maximum Gasteiger partial charge on any atom is 0.700 e. The first-order valence-corrected chi connectivity index (χ1v) is 36.2. The van der Waals surface area contributed by atoms with Crippen molar-refractivity contribution in [2.24, 2.45) is 11.1 Å². The standard InChI is InChI=1S/C69H105N4O34P/c1-30(2)15-14-17-31(3)18-19-33(5)22-25-68(9,10)24-13-12-16-32(4)23-26-95-41(60(88)89)29-97-108(94)107-66-56(57(106-67(70)92)69(11,93)58(105-66)61(90)91)104-63-44(72-36(8)76)47(81)54(40(100-63)28-96-64-51(85)48(82)45(79)39(27-74)99-64)102-62-43(71-35(7)75)46(80)53(34(6)98-62)101-65-52(86)49(83)50(84)55(103-65)59(87)73-42-37(77)20-21-38(42)78/h13,15,18,23-24,34,39-41,43-58,62-66,74,79-86,93H,5,12,14,16-17,19-22,25-29H2,1-4,6-11H3,(H7-,70,71,72,73,75,76,77,78,87,88,89,90,91,92)/p+1/b24-13+,31-18+,32-23+/t34-,39-,40-,41+,43-,44-,45-,46-,47-,48+,49+,50-,51-,52-,53-,54-,55+,56-,57-,58-,62+,63+,64-,65-,66-,69+/m1/s1. The van der Waals surface area contributed by atoms with Gasteiger partial charge in [0.15, 0.2) is 61.5 Å². The Kier molecular flexibility index (Phi) is 34.2. The quantitative estimate of drug-likeness (QED) is 0.0265. The van der Waals surface area contributed by atoms with E-state index in [1.165, 1.54) is 18.1 Å². The number of carboxylic acids is 2. The Morgan fingerprint density at radius 1 is 0.713 bits per heavy atom. The molecule has 6 rings (SSSR count). The van der Waals surface area contributed by atoms with Gasteiger partial charge in [-0.1, -0.05) is 77.6 Å². The SMILES string of the molecule is C=C(C/C=C(\C)CCC=C(C)C)CCC(C)(C)/C=C/CC/C(C)=C/CO[C@@H](CO[P+](=O)O[C@H]1O[C@H](C(=O)O)[C@@](C)(O)[C@H](OC(N)=O)[C@H]1O[C@@H]1O[C@H](CO[C@@H]2O[C@H](CO)[C@@H](O)[C@H](O)[C@H]2O)[C@@H](O[C@@H]2O[C@H](C)[C@@H](O[C@@H]3O[C@H](C(=O)NC4=C(O)CCC4=O)[C@H](O)[C@H](O)[C@H]3O)[C@H](O)[C@H]2NC(C)=O)[C@H](O)[C@H]1NC(C)=O)C(=O)O. The van der Waals surface area contributed by atoms with E-state index in [1.54, 1.807) is 13.0 Å². The second kappa shape index (κ2) is 40.8. The fraction of sp³-hybridized carbons (Fsp3) is 0.725. The van der Waals surface area contributed by atoms with E-state index in [1.807, 2.05) is 0 Å². The zero-order valence-electron chi connectivity index (χ0n) is 61.6. The van der Waals surface area contributed by atoms with Crippen LogP contribution in [0.1, 0.15) is 127 Å². The number of ether oxygens (including phenoxy) is 11. The highest BCUT2D eigenvalue weighted by molar-refractivity contribution is 7.33. The molecule has 5 fully saturated rings. The zero-order valence-corrected chi connectivity index (χ0v) is 62.5. The van der Waals surface area contributed by atoms with Crippen LogP contribution in [0.3, 0.4) is 0 Å². The Bertz CT molecular complexity index is 3290. The second-order valence-corrected chi connectivity index (χ2v) is 29.5. The molecule has 0 radical (unpaired) electrons. The molecule has 18 N–H and O–H groups in total. The van der Waals surface area contributed by atoms with E-state index in [0.29, 0.717) is 12.8 Å². The first-order valence-electron chi connectivity index (χ1n) is 35.1. The van der Waals surface area contributed by atoms with E-state index in [9.17, 15) is 105 Å². The number of hydrogen-bond donors (Lipinski definition) is 17. The number of hydrogen-bond acceptors (Lipinski definition) is 32. The summed E-state index contributed by atoms with van der Waals surface area (Å²) in [5.74, 6) is -7.94. The summed E-state index contributed by atoms with van der Waals surface area (Å²) in [5, 5.41) is 149. The van der Waals surface area contributed by atoms with E-state index in [2.05, 4.69) is 81.5 Å². The van der Waals surface area contributed by atoms with Crippen LogP contribution in [0, 0.1) is 5.41 Å². The normalized spacial score (nSPS) is 35.4. The smallest absolute Gasteiger partial charge is 0.510 e. The molecule has 39 heteroatoms. The van der Waals surface area contributed by atoms with Gasteiger partial charge in [0.05, 0.1) is 25.9 Å². The first kappa shape index (κ1) is 90.6. The summed E-state index contributed by atoms with van der Waals surface area (Å²) in [6, 6.07) is -3.94. The summed E-state index contributed by atoms with van der Waals surface area (Å²) < 4.78 is 89.1. The number of allylic oxidation sites excluding steroid dienone is 10. The Morgan fingerprint density at radius 2 is 1.30 bits per heavy atom. The van der Waals surface area contributed by atoms with E-state index in [0.717, 1.165) is 64.0 Å². The van der Waals surface area contributed by atoms with Crippen LogP contribution in [0.25, 0.3) is 0 Å². The molecule has 0 spiro atoms. The van der Waals surface area contributed by atoms with Gasteiger partial charge in [-0.05, 0) is 91.9 Å². The van der Waals surface area contributed by atoms with E-state index in [4.69, 9.17) is 66.9 Å². The fourth-order valence-corrected chi connectivity index (χ4v) is 13.2. The van der Waals surface area contributed by atoms with Crippen molar-refractivity contribution in [3.8, 4) is 0 Å². The largest absolute Gasteiger partial charge is 0.700 e. The summed E-state index contributed by atoms with van der Waals surface area (Å²) in [6.45, 7) is 17.2. The van der Waals surface area contributed by atoms with Crippen LogP contribution in [-0.4, -0.2) is 293 Å². The van der Waals surface area contributed by atoms with Crippen LogP contribution in [-0.2, 0) is 94.5 Å². The molecule has 5 saturated heterocycles. The van der Waals surface area contributed by atoms with Crippen molar-refractivity contribution in [1.29, 1.82) is 0 Å². The van der Waals surface area contributed by atoms with Gasteiger partial charge in [0.2, 0.25) is 18.1 Å². The third-order valence-electron chi connectivity index (χ3n) is 18.8. The summed E-state index contributed by atoms with van der Waals surface area (Å²) in [5.41, 5.74) is 6.42. The number of aliphatic hydroxyl groups is 11. The Hall–Kier alpha value is -6.25. The zero-order chi connectivity index (χ0) is 80.6. The molecular weight excluding hydrogens is 1460 g/mol. The number of aliphatic hydroxyl groups excluding tert-OH is 10. The van der Waals surface area contributed by atoms with Crippen molar-refractivity contribution in [3.63, 3.8) is 0 Å². The van der Waals surface area contributed by atoms with E-state index in [-0.39, 0.29) is 24.9 Å². The lowest BCUT2D eigenvalue weighted by Crippen LogP contribution is -2.72. The summed E-state index contributed by atoms with van der Waals surface area (Å²) in [4.78, 5) is 90.1. The minimum Gasteiger partial charge on any atom is -0.510 e. The van der Waals surface area contributed by atoms with E-state index < -0.39 is 240 Å². The highest BCUT2D eigenvalue weighted by atomic mass is 31.1. The highest BCUT2D eigenvalue weighted by Crippen LogP contribution is 2.42. The fourth-order valence-electron chi connectivity index (χ4n) is 12.5. The van der Waals surface area contributed by atoms with Crippen LogP contribution in [0.2, 0.25) is 0 Å². The lowest BCUT2D eigenvalue weighted by Gasteiger charge is -2.51. The van der Waals surface area contributed by atoms with Gasteiger partial charge in [0.1, 0.15) is 109 Å². The molecule has 5 aliphatic heterocycles. The third-order valence-corrected chi connectivity index (χ3v) is 19.5. The molecule has 1 unspecified atom stereocenters. The number of nitrogens with two attached hydrogens (primary N) is 1. The molecule has 0 saturated carbocycles. The molecule has 0 aromatic heterocycles. The van der Waals surface area contributed by atoms with Gasteiger partial charge < -0.3 is 140 Å². The molecule has 0 bridgehead atoms. The van der Waals surface area contributed by atoms with Crippen molar-refractivity contribution in [2.45, 2.75) is 286 Å². The van der Waals surface area contributed by atoms with Crippen LogP contribution < -0.4 is 21.7 Å². The van der Waals surface area contributed by atoms with E-state index >= 15 is 0 Å². The third kappa shape index (κ3) is 24.9. The van der Waals surface area contributed by atoms with Gasteiger partial charge in [0, 0.05) is 31.3 Å². The second-order valence-electron chi connectivity index (χ2n) is 28.5. The topological polar surface area (TPSA) is 582 Å². The van der Waals surface area contributed by atoms with Gasteiger partial charge in [-0.3, -0.25) is 19.2 Å². The van der Waals surface area contributed by atoms with Crippen LogP contribution in [0.15, 0.2) is 70.7 Å². The lowest BCUT2D eigenvalue weighted by molar-refractivity contribution is -0.375. The number of nitrogens with one attached hydrogen (secondary N) is 3. The van der Waals surface area contributed by atoms with Gasteiger partial charge in [0.25, 0.3) is 5.91 Å². The Labute approximate surface area is 623 Å². The number of carboxylic acid groups (broad SMARTS) is 2.